The van der Waals surface area contributed by atoms with Crippen molar-refractivity contribution < 1.29 is 55.2 Å². The summed E-state index contributed by atoms with van der Waals surface area (Å²) in [5.41, 5.74) is -4.84. The Morgan fingerprint density at radius 2 is 1.73 bits per heavy atom. The number of carboxylic acid groups (broad SMARTS) is 1. The number of phenols is 2. The summed E-state index contributed by atoms with van der Waals surface area (Å²) in [5.74, 6) is -4.07. The maximum Gasteiger partial charge on any atom is 0.339 e. The van der Waals surface area contributed by atoms with Gasteiger partial charge in [-0.15, -0.1) is 0 Å². The van der Waals surface area contributed by atoms with Crippen molar-refractivity contribution >= 4 is 11.8 Å². The van der Waals surface area contributed by atoms with Crippen LogP contribution in [0.5, 0.6) is 11.5 Å². The number of ether oxygens (including phenoxy) is 1. The summed E-state index contributed by atoms with van der Waals surface area (Å²) < 4.78 is 5.57. The Balaban J connectivity index is 2.08. The molecule has 2 aromatic rings. The van der Waals surface area contributed by atoms with Crippen LogP contribution in [0.15, 0.2) is 24.3 Å². The lowest BCUT2D eigenvalue weighted by Gasteiger charge is -2.49. The number of aliphatic hydroxyl groups is 5. The molecule has 33 heavy (non-hydrogen) atoms. The van der Waals surface area contributed by atoms with Crippen LogP contribution in [0.3, 0.4) is 0 Å². The molecule has 0 radical (unpaired) electrons. The molecular weight excluding hydrogens is 440 g/mol. The minimum absolute atomic E-state index is 0.0295. The highest BCUT2D eigenvalue weighted by Gasteiger charge is 2.58. The Morgan fingerprint density at radius 3 is 2.33 bits per heavy atom. The van der Waals surface area contributed by atoms with Gasteiger partial charge in [0.05, 0.1) is 17.7 Å². The number of aryl methyl sites for hydroxylation is 1. The van der Waals surface area contributed by atoms with Crippen molar-refractivity contribution in [2.45, 2.75) is 43.0 Å². The van der Waals surface area contributed by atoms with E-state index in [1.165, 1.54) is 19.1 Å². The highest BCUT2D eigenvalue weighted by atomic mass is 16.6. The van der Waals surface area contributed by atoms with E-state index in [1.807, 2.05) is 0 Å². The summed E-state index contributed by atoms with van der Waals surface area (Å²) in [6.45, 7) is 0.526. The number of carbonyl (C=O) groups is 2. The molecule has 11 nitrogen and oxygen atoms in total. The number of benzene rings is 2. The first-order valence-electron chi connectivity index (χ1n) is 9.97. The molecule has 0 unspecified atom stereocenters. The average Bonchev–Trinajstić information content (AvgIpc) is 2.75. The second-order valence-electron chi connectivity index (χ2n) is 8.19. The zero-order valence-electron chi connectivity index (χ0n) is 17.2. The van der Waals surface area contributed by atoms with Crippen LogP contribution in [0.2, 0.25) is 0 Å². The number of ketones is 1. The molecule has 6 atom stereocenters. The van der Waals surface area contributed by atoms with Crippen molar-refractivity contribution in [2.75, 3.05) is 6.61 Å². The fourth-order valence-electron chi connectivity index (χ4n) is 4.72. The van der Waals surface area contributed by atoms with Crippen LogP contribution in [-0.4, -0.2) is 89.7 Å². The number of hydrogen-bond acceptors (Lipinski definition) is 10. The fourth-order valence-corrected chi connectivity index (χ4v) is 4.72. The minimum atomic E-state index is -2.52. The second-order valence-corrected chi connectivity index (χ2v) is 8.19. The first-order valence-corrected chi connectivity index (χ1v) is 9.97. The number of aromatic hydroxyl groups is 2. The van der Waals surface area contributed by atoms with Gasteiger partial charge in [-0.05, 0) is 18.6 Å². The third-order valence-electron chi connectivity index (χ3n) is 6.33. The van der Waals surface area contributed by atoms with Gasteiger partial charge in [0.1, 0.15) is 53.2 Å². The number of fused-ring (bicyclic) bond motifs is 2. The molecule has 0 amide bonds. The van der Waals surface area contributed by atoms with Crippen LogP contribution < -0.4 is 0 Å². The maximum absolute atomic E-state index is 13.3. The Morgan fingerprint density at radius 1 is 1.06 bits per heavy atom. The van der Waals surface area contributed by atoms with Crippen LogP contribution in [0.25, 0.3) is 0 Å². The van der Waals surface area contributed by atoms with E-state index in [0.717, 1.165) is 12.1 Å². The quantitative estimate of drug-likeness (QED) is 0.270. The molecule has 0 saturated carbocycles. The molecule has 8 N–H and O–H groups in total. The topological polar surface area (TPSA) is 205 Å². The molecular formula is C22H22O11. The van der Waals surface area contributed by atoms with Crippen LogP contribution in [0, 0.1) is 6.92 Å². The van der Waals surface area contributed by atoms with Gasteiger partial charge in [0.25, 0.3) is 0 Å². The lowest BCUT2D eigenvalue weighted by molar-refractivity contribution is -0.265. The minimum Gasteiger partial charge on any atom is -0.507 e. The number of aliphatic hydroxyl groups excluding tert-OH is 4. The van der Waals surface area contributed by atoms with E-state index in [4.69, 9.17) is 4.74 Å². The maximum atomic E-state index is 13.3. The van der Waals surface area contributed by atoms with Crippen molar-refractivity contribution in [1.82, 2.24) is 0 Å². The third-order valence-corrected chi connectivity index (χ3v) is 6.33. The lowest BCUT2D eigenvalue weighted by atomic mass is 9.67. The Bertz CT molecular complexity index is 1160. The number of rotatable bonds is 3. The van der Waals surface area contributed by atoms with Gasteiger partial charge in [-0.1, -0.05) is 18.2 Å². The second kappa shape index (κ2) is 7.76. The molecule has 0 spiro atoms. The molecule has 11 heteroatoms. The Kier molecular flexibility index (Phi) is 5.44. The summed E-state index contributed by atoms with van der Waals surface area (Å²) in [6, 6.07) is 4.83. The fraction of sp³-hybridized carbons (Fsp3) is 0.364. The Labute approximate surface area is 186 Å². The van der Waals surface area contributed by atoms with Crippen molar-refractivity contribution in [3.63, 3.8) is 0 Å². The van der Waals surface area contributed by atoms with Gasteiger partial charge < -0.3 is 45.6 Å². The standard InChI is InChI=1S/C22H22O11/c1-7-5-9-14(16(26)12(7)21(30)31)17(27)13-8(3-2-4-10(13)24)22(9,32)20-19(29)18(28)15(25)11(6-23)33-20/h2-5,11,15,18-20,23-26,28-29,32H,6H2,1H3,(H,30,31)/t11-,15-,18+,19-,20+,22-/m1/s1. The predicted molar refractivity (Wildman–Crippen MR) is 108 cm³/mol. The molecule has 0 aromatic heterocycles. The molecule has 1 aliphatic carbocycles. The molecule has 176 valence electrons. The van der Waals surface area contributed by atoms with Gasteiger partial charge in [0.15, 0.2) is 0 Å². The average molecular weight is 462 g/mol. The summed E-state index contributed by atoms with van der Waals surface area (Å²) in [6.07, 6.45) is -8.78. The monoisotopic (exact) mass is 462 g/mol. The molecule has 1 aliphatic heterocycles. The number of carboxylic acids is 1. The number of carbonyl (C=O) groups excluding carboxylic acids is 1. The lowest BCUT2D eigenvalue weighted by Crippen LogP contribution is -2.65. The molecule has 2 aliphatic rings. The van der Waals surface area contributed by atoms with Gasteiger partial charge >= 0.3 is 5.97 Å². The smallest absolute Gasteiger partial charge is 0.339 e. The summed E-state index contributed by atoms with van der Waals surface area (Å²) in [4.78, 5) is 25.0. The number of hydrogen-bond donors (Lipinski definition) is 8. The van der Waals surface area contributed by atoms with Crippen LogP contribution in [0.1, 0.15) is 43.0 Å². The molecule has 2 aromatic carbocycles. The Hall–Kier alpha value is -3.06. The number of aromatic carboxylic acids is 1. The summed E-state index contributed by atoms with van der Waals surface area (Å²) >= 11 is 0. The summed E-state index contributed by atoms with van der Waals surface area (Å²) in [5, 5.41) is 83.4. The van der Waals surface area contributed by atoms with E-state index < -0.39 is 82.7 Å². The van der Waals surface area contributed by atoms with Crippen molar-refractivity contribution in [3.05, 3.63) is 57.6 Å². The van der Waals surface area contributed by atoms with E-state index in [1.54, 1.807) is 0 Å². The zero-order chi connectivity index (χ0) is 24.4. The van der Waals surface area contributed by atoms with Crippen molar-refractivity contribution in [3.8, 4) is 11.5 Å². The highest BCUT2D eigenvalue weighted by Crippen LogP contribution is 2.50. The highest BCUT2D eigenvalue weighted by molar-refractivity contribution is 6.17. The molecule has 1 saturated heterocycles. The van der Waals surface area contributed by atoms with Crippen LogP contribution >= 0.6 is 0 Å². The SMILES string of the molecule is Cc1cc2c(c(O)c1C(=O)O)C(=O)c1c(O)cccc1[C@]2(O)[C@H]1O[C@H](CO)[C@@H](O)[C@H](O)[C@H]1O. The predicted octanol–water partition coefficient (Wildman–Crippen LogP) is -1.27. The molecule has 1 heterocycles. The van der Waals surface area contributed by atoms with Crippen LogP contribution in [0.4, 0.5) is 0 Å². The molecule has 1 fully saturated rings. The van der Waals surface area contributed by atoms with E-state index >= 15 is 0 Å². The van der Waals surface area contributed by atoms with E-state index in [-0.39, 0.29) is 16.7 Å². The number of phenolic OH excluding ortho intramolecular Hbond substituents is 1. The normalized spacial score (nSPS) is 31.1. The zero-order valence-corrected chi connectivity index (χ0v) is 17.2. The van der Waals surface area contributed by atoms with Gasteiger partial charge in [-0.3, -0.25) is 4.79 Å². The van der Waals surface area contributed by atoms with Gasteiger partial charge in [0.2, 0.25) is 5.78 Å². The third kappa shape index (κ3) is 3.05. The van der Waals surface area contributed by atoms with Crippen molar-refractivity contribution in [1.29, 1.82) is 0 Å². The van der Waals surface area contributed by atoms with Gasteiger partial charge in [-0.25, -0.2) is 4.79 Å². The van der Waals surface area contributed by atoms with Gasteiger partial charge in [-0.2, -0.15) is 0 Å². The van der Waals surface area contributed by atoms with Crippen LogP contribution in [-0.2, 0) is 10.3 Å². The van der Waals surface area contributed by atoms with E-state index in [9.17, 15) is 50.4 Å². The van der Waals surface area contributed by atoms with Gasteiger partial charge in [0, 0.05) is 11.1 Å². The van der Waals surface area contributed by atoms with E-state index in [0.29, 0.717) is 0 Å². The first-order chi connectivity index (χ1) is 15.5. The molecule has 0 bridgehead atoms. The molecule has 4 rings (SSSR count). The van der Waals surface area contributed by atoms with Crippen molar-refractivity contribution in [2.24, 2.45) is 0 Å². The first kappa shape index (κ1) is 23.1. The van der Waals surface area contributed by atoms with E-state index in [2.05, 4.69) is 0 Å². The largest absolute Gasteiger partial charge is 0.507 e. The summed E-state index contributed by atoms with van der Waals surface area (Å²) in [7, 11) is 0.